The molecule has 0 aromatic heterocycles. The fourth-order valence-electron chi connectivity index (χ4n) is 3.73. The van der Waals surface area contributed by atoms with Gasteiger partial charge in [-0.15, -0.1) is 0 Å². The van der Waals surface area contributed by atoms with Gasteiger partial charge in [0, 0.05) is 39.5 Å². The number of likely N-dealkylation sites (tertiary alicyclic amines) is 1. The highest BCUT2D eigenvalue weighted by Gasteiger charge is 2.43. The summed E-state index contributed by atoms with van der Waals surface area (Å²) in [6, 6.07) is 7.26. The normalized spacial score (nSPS) is 22.1. The summed E-state index contributed by atoms with van der Waals surface area (Å²) in [5.74, 6) is 0.527. The second kappa shape index (κ2) is 8.31. The Bertz CT molecular complexity index is 764. The molecular formula is C21H29N3O4. The highest BCUT2D eigenvalue weighted by molar-refractivity contribution is 6.00. The molecule has 152 valence electrons. The lowest BCUT2D eigenvalue weighted by Crippen LogP contribution is -2.44. The van der Waals surface area contributed by atoms with Crippen molar-refractivity contribution in [3.63, 3.8) is 0 Å². The highest BCUT2D eigenvalue weighted by atomic mass is 16.5. The van der Waals surface area contributed by atoms with Crippen LogP contribution in [0.5, 0.6) is 5.75 Å². The van der Waals surface area contributed by atoms with Crippen LogP contribution in [-0.4, -0.2) is 85.2 Å². The zero-order valence-electron chi connectivity index (χ0n) is 16.9. The summed E-state index contributed by atoms with van der Waals surface area (Å²) in [5.41, 5.74) is -0.0475. The molecule has 7 heteroatoms. The van der Waals surface area contributed by atoms with E-state index in [9.17, 15) is 14.4 Å². The number of hydrogen-bond donors (Lipinski definition) is 0. The van der Waals surface area contributed by atoms with Crippen molar-refractivity contribution in [1.29, 1.82) is 0 Å². The molecule has 3 rings (SSSR count). The molecule has 1 atom stereocenters. The largest absolute Gasteiger partial charge is 0.486 e. The number of fused-ring (bicyclic) bond motifs is 1. The molecule has 2 aliphatic rings. The lowest BCUT2D eigenvalue weighted by molar-refractivity contribution is -0.139. The molecule has 1 saturated heterocycles. The van der Waals surface area contributed by atoms with Crippen LogP contribution in [0, 0.1) is 0 Å². The number of rotatable bonds is 5. The van der Waals surface area contributed by atoms with Crippen LogP contribution in [0.4, 0.5) is 0 Å². The molecule has 1 aromatic rings. The Morgan fingerprint density at radius 1 is 1.14 bits per heavy atom. The summed E-state index contributed by atoms with van der Waals surface area (Å²) in [6.07, 6.45) is 1.60. The minimum absolute atomic E-state index is 0.0545. The Hall–Kier alpha value is -2.41. The minimum Gasteiger partial charge on any atom is -0.486 e. The molecule has 2 aliphatic heterocycles. The van der Waals surface area contributed by atoms with Gasteiger partial charge in [-0.25, -0.2) is 0 Å². The Morgan fingerprint density at radius 2 is 1.89 bits per heavy atom. The van der Waals surface area contributed by atoms with E-state index in [0.717, 1.165) is 6.54 Å². The first-order valence-electron chi connectivity index (χ1n) is 9.77. The molecule has 0 N–H and O–H groups in total. The molecule has 0 unspecified atom stereocenters. The van der Waals surface area contributed by atoms with Gasteiger partial charge in [0.05, 0.1) is 18.5 Å². The zero-order chi connectivity index (χ0) is 20.3. The van der Waals surface area contributed by atoms with E-state index in [0.29, 0.717) is 37.2 Å². The van der Waals surface area contributed by atoms with Crippen LogP contribution in [0.2, 0.25) is 0 Å². The topological polar surface area (TPSA) is 70.2 Å². The Labute approximate surface area is 166 Å². The van der Waals surface area contributed by atoms with E-state index in [1.807, 2.05) is 37.2 Å². The first-order valence-corrected chi connectivity index (χ1v) is 9.77. The van der Waals surface area contributed by atoms with Crippen LogP contribution < -0.4 is 4.74 Å². The van der Waals surface area contributed by atoms with E-state index in [1.165, 1.54) is 0 Å². The number of ketones is 1. The van der Waals surface area contributed by atoms with Gasteiger partial charge in [0.1, 0.15) is 11.4 Å². The SMILES string of the molecule is CN(C)CCN(C)C(=O)CN1CC[C@]2(CCC1=O)CC(=O)c1ccccc1O2. The van der Waals surface area contributed by atoms with Gasteiger partial charge < -0.3 is 19.4 Å². The predicted octanol–water partition coefficient (Wildman–Crippen LogP) is 1.42. The van der Waals surface area contributed by atoms with Crippen molar-refractivity contribution >= 4 is 17.6 Å². The number of carbonyl (C=O) groups is 3. The summed E-state index contributed by atoms with van der Waals surface area (Å²) in [7, 11) is 5.68. The van der Waals surface area contributed by atoms with Crippen molar-refractivity contribution < 1.29 is 19.1 Å². The average Bonchev–Trinajstić information content (AvgIpc) is 2.80. The molecule has 0 aliphatic carbocycles. The molecule has 7 nitrogen and oxygen atoms in total. The summed E-state index contributed by atoms with van der Waals surface area (Å²) in [6.45, 7) is 1.88. The van der Waals surface area contributed by atoms with Crippen molar-refractivity contribution in [2.75, 3.05) is 47.3 Å². The molecule has 1 fully saturated rings. The fraction of sp³-hybridized carbons (Fsp3) is 0.571. The van der Waals surface area contributed by atoms with E-state index in [1.54, 1.807) is 22.9 Å². The summed E-state index contributed by atoms with van der Waals surface area (Å²) >= 11 is 0. The van der Waals surface area contributed by atoms with Crippen molar-refractivity contribution in [1.82, 2.24) is 14.7 Å². The number of nitrogens with zero attached hydrogens (tertiary/aromatic N) is 3. The molecule has 1 aromatic carbocycles. The third kappa shape index (κ3) is 4.52. The van der Waals surface area contributed by atoms with E-state index < -0.39 is 5.60 Å². The van der Waals surface area contributed by atoms with Crippen LogP contribution in [-0.2, 0) is 9.59 Å². The zero-order valence-corrected chi connectivity index (χ0v) is 16.9. The van der Waals surface area contributed by atoms with Crippen LogP contribution in [0.25, 0.3) is 0 Å². The van der Waals surface area contributed by atoms with Crippen LogP contribution in [0.1, 0.15) is 36.0 Å². The maximum Gasteiger partial charge on any atom is 0.241 e. The van der Waals surface area contributed by atoms with Crippen molar-refractivity contribution in [3.05, 3.63) is 29.8 Å². The number of likely N-dealkylation sites (N-methyl/N-ethyl adjacent to an activating group) is 2. The minimum atomic E-state index is -0.657. The number of amides is 2. The van der Waals surface area contributed by atoms with Crippen LogP contribution >= 0.6 is 0 Å². The van der Waals surface area contributed by atoms with Gasteiger partial charge in [-0.3, -0.25) is 14.4 Å². The van der Waals surface area contributed by atoms with Gasteiger partial charge in [0.25, 0.3) is 0 Å². The molecule has 0 bridgehead atoms. The van der Waals surface area contributed by atoms with Crippen LogP contribution in [0.15, 0.2) is 24.3 Å². The van der Waals surface area contributed by atoms with Gasteiger partial charge >= 0.3 is 0 Å². The van der Waals surface area contributed by atoms with E-state index in [4.69, 9.17) is 4.74 Å². The lowest BCUT2D eigenvalue weighted by Gasteiger charge is -2.37. The number of benzene rings is 1. The first kappa shape index (κ1) is 20.3. The Kier molecular flexibility index (Phi) is 6.03. The average molecular weight is 387 g/mol. The molecule has 28 heavy (non-hydrogen) atoms. The lowest BCUT2D eigenvalue weighted by atomic mass is 9.84. The fourth-order valence-corrected chi connectivity index (χ4v) is 3.73. The van der Waals surface area contributed by atoms with E-state index in [-0.39, 0.29) is 37.0 Å². The molecule has 2 heterocycles. The highest BCUT2D eigenvalue weighted by Crippen LogP contribution is 2.39. The number of hydrogen-bond acceptors (Lipinski definition) is 5. The summed E-state index contributed by atoms with van der Waals surface area (Å²) < 4.78 is 6.22. The Balaban J connectivity index is 1.64. The van der Waals surface area contributed by atoms with E-state index in [2.05, 4.69) is 0 Å². The standard InChI is InChI=1S/C21H29N3O4/c1-22(2)12-13-23(3)20(27)15-24-11-10-21(9-8-19(24)26)14-17(25)16-6-4-5-7-18(16)28-21/h4-7H,8-15H2,1-3H3/t21-/m1/s1. The van der Waals surface area contributed by atoms with Gasteiger partial charge in [0.2, 0.25) is 11.8 Å². The number of Topliss-reactive ketones (excluding diaryl/α,β-unsaturated/α-hetero) is 1. The third-order valence-electron chi connectivity index (χ3n) is 5.62. The summed E-state index contributed by atoms with van der Waals surface area (Å²) in [5, 5.41) is 0. The van der Waals surface area contributed by atoms with Gasteiger partial charge in [-0.05, 0) is 32.6 Å². The first-order chi connectivity index (χ1) is 13.3. The number of ether oxygens (including phenoxy) is 1. The molecule has 0 radical (unpaired) electrons. The smallest absolute Gasteiger partial charge is 0.241 e. The molecule has 1 spiro atoms. The molecule has 2 amide bonds. The van der Waals surface area contributed by atoms with Gasteiger partial charge in [-0.1, -0.05) is 12.1 Å². The third-order valence-corrected chi connectivity index (χ3v) is 5.62. The number of para-hydroxylation sites is 1. The Morgan fingerprint density at radius 3 is 2.64 bits per heavy atom. The van der Waals surface area contributed by atoms with Crippen LogP contribution in [0.3, 0.4) is 0 Å². The van der Waals surface area contributed by atoms with Crippen molar-refractivity contribution in [3.8, 4) is 5.75 Å². The van der Waals surface area contributed by atoms with Crippen molar-refractivity contribution in [2.24, 2.45) is 0 Å². The predicted molar refractivity (Wildman–Crippen MR) is 105 cm³/mol. The molecular weight excluding hydrogens is 358 g/mol. The maximum atomic E-state index is 12.6. The number of carbonyl (C=O) groups excluding carboxylic acids is 3. The van der Waals surface area contributed by atoms with Gasteiger partial charge in [-0.2, -0.15) is 0 Å². The second-order valence-electron chi connectivity index (χ2n) is 8.07. The summed E-state index contributed by atoms with van der Waals surface area (Å²) in [4.78, 5) is 43.0. The second-order valence-corrected chi connectivity index (χ2v) is 8.07. The monoisotopic (exact) mass is 387 g/mol. The van der Waals surface area contributed by atoms with E-state index >= 15 is 0 Å². The van der Waals surface area contributed by atoms with Crippen molar-refractivity contribution in [2.45, 2.75) is 31.3 Å². The molecule has 0 saturated carbocycles. The van der Waals surface area contributed by atoms with Gasteiger partial charge in [0.15, 0.2) is 5.78 Å². The quantitative estimate of drug-likeness (QED) is 0.764. The maximum absolute atomic E-state index is 12.6.